The van der Waals surface area contributed by atoms with Crippen LogP contribution in [0.15, 0.2) is 42.5 Å². The van der Waals surface area contributed by atoms with Crippen LogP contribution in [0.25, 0.3) is 0 Å². The fourth-order valence-corrected chi connectivity index (χ4v) is 3.84. The highest BCUT2D eigenvalue weighted by atomic mass is 35.5. The Kier molecular flexibility index (Phi) is 7.20. The molecular weight excluding hydrogens is 428 g/mol. The number of aliphatic hydroxyl groups is 3. The third-order valence-electron chi connectivity index (χ3n) is 5.30. The highest BCUT2D eigenvalue weighted by Gasteiger charge is 2.57. The number of carboxylic acids is 1. The van der Waals surface area contributed by atoms with Gasteiger partial charge in [0, 0.05) is 17.7 Å². The van der Waals surface area contributed by atoms with E-state index in [2.05, 4.69) is 0 Å². The van der Waals surface area contributed by atoms with E-state index in [9.17, 15) is 25.2 Å². The number of carboxylic acid groups (broad SMARTS) is 1. The largest absolute Gasteiger partial charge is 0.494 e. The van der Waals surface area contributed by atoms with Crippen molar-refractivity contribution in [1.29, 1.82) is 0 Å². The first-order valence-electron chi connectivity index (χ1n) is 9.74. The third kappa shape index (κ3) is 4.55. The molecule has 1 fully saturated rings. The van der Waals surface area contributed by atoms with Crippen molar-refractivity contribution >= 4 is 17.6 Å². The van der Waals surface area contributed by atoms with Crippen LogP contribution in [-0.4, -0.2) is 64.5 Å². The van der Waals surface area contributed by atoms with Gasteiger partial charge in [0.1, 0.15) is 24.1 Å². The van der Waals surface area contributed by atoms with Crippen molar-refractivity contribution in [3.8, 4) is 5.75 Å². The van der Waals surface area contributed by atoms with Crippen LogP contribution < -0.4 is 4.74 Å². The van der Waals surface area contributed by atoms with E-state index in [-0.39, 0.29) is 5.56 Å². The number of methoxy groups -OCH3 is 1. The van der Waals surface area contributed by atoms with Crippen molar-refractivity contribution in [1.82, 2.24) is 0 Å². The molecule has 0 unspecified atom stereocenters. The number of halogens is 1. The van der Waals surface area contributed by atoms with Crippen molar-refractivity contribution in [2.24, 2.45) is 0 Å². The van der Waals surface area contributed by atoms with Gasteiger partial charge in [0.2, 0.25) is 5.79 Å². The summed E-state index contributed by atoms with van der Waals surface area (Å²) in [5.74, 6) is -2.77. The van der Waals surface area contributed by atoms with Crippen LogP contribution in [0.2, 0.25) is 5.02 Å². The number of carbonyl (C=O) groups is 1. The second-order valence-corrected chi connectivity index (χ2v) is 7.64. The fourth-order valence-electron chi connectivity index (χ4n) is 3.66. The van der Waals surface area contributed by atoms with Crippen molar-refractivity contribution < 1.29 is 39.4 Å². The van der Waals surface area contributed by atoms with Crippen molar-refractivity contribution in [3.05, 3.63) is 64.2 Å². The van der Waals surface area contributed by atoms with Crippen LogP contribution in [-0.2, 0) is 26.5 Å². The number of hydrogen-bond donors (Lipinski definition) is 4. The summed E-state index contributed by atoms with van der Waals surface area (Å²) in [7, 11) is 1.22. The number of rotatable bonds is 7. The van der Waals surface area contributed by atoms with Crippen LogP contribution >= 0.6 is 11.6 Å². The van der Waals surface area contributed by atoms with E-state index in [1.807, 2.05) is 31.2 Å². The van der Waals surface area contributed by atoms with E-state index < -0.39 is 36.2 Å². The standard InChI is InChI=1S/C22H25ClO8/c1-3-30-15-7-4-12(5-8-15)10-13-11-14(6-9-16(13)23)22(29-2)20(26)18(25)17(24)19(31-22)21(27)28/h4-9,11,17-20,24-26H,3,10H2,1-2H3,(H,27,28)/t17-,18-,19-,20+,22-/m0/s1. The lowest BCUT2D eigenvalue weighted by Gasteiger charge is -2.46. The van der Waals surface area contributed by atoms with Gasteiger partial charge in [0.05, 0.1) is 6.61 Å². The Balaban J connectivity index is 1.96. The van der Waals surface area contributed by atoms with E-state index in [0.29, 0.717) is 23.6 Å². The van der Waals surface area contributed by atoms with E-state index in [1.54, 1.807) is 12.1 Å². The molecule has 4 N–H and O–H groups in total. The lowest BCUT2D eigenvalue weighted by Crippen LogP contribution is -2.65. The minimum atomic E-state index is -2.01. The second kappa shape index (κ2) is 9.52. The molecule has 0 spiro atoms. The minimum absolute atomic E-state index is 0.255. The summed E-state index contributed by atoms with van der Waals surface area (Å²) in [5.41, 5.74) is 1.87. The maximum atomic E-state index is 11.5. The molecule has 0 aliphatic carbocycles. The Morgan fingerprint density at radius 2 is 1.81 bits per heavy atom. The van der Waals surface area contributed by atoms with Gasteiger partial charge in [-0.2, -0.15) is 0 Å². The van der Waals surface area contributed by atoms with E-state index in [0.717, 1.165) is 11.3 Å². The summed E-state index contributed by atoms with van der Waals surface area (Å²) in [6.07, 6.45) is -6.75. The Bertz CT molecular complexity index is 918. The second-order valence-electron chi connectivity index (χ2n) is 7.23. The van der Waals surface area contributed by atoms with Gasteiger partial charge in [0.15, 0.2) is 6.10 Å². The van der Waals surface area contributed by atoms with Crippen LogP contribution in [0.1, 0.15) is 23.6 Å². The summed E-state index contributed by atoms with van der Waals surface area (Å²) in [5, 5.41) is 40.7. The summed E-state index contributed by atoms with van der Waals surface area (Å²) in [6, 6.07) is 12.2. The van der Waals surface area contributed by atoms with Gasteiger partial charge in [-0.15, -0.1) is 0 Å². The van der Waals surface area contributed by atoms with E-state index in [4.69, 9.17) is 25.8 Å². The van der Waals surface area contributed by atoms with E-state index >= 15 is 0 Å². The molecule has 3 rings (SSSR count). The summed E-state index contributed by atoms with van der Waals surface area (Å²) in [4.78, 5) is 11.5. The molecule has 0 saturated carbocycles. The first-order valence-corrected chi connectivity index (χ1v) is 10.1. The molecule has 1 saturated heterocycles. The van der Waals surface area contributed by atoms with Crippen LogP contribution in [0.5, 0.6) is 5.75 Å². The molecule has 0 aromatic heterocycles. The van der Waals surface area contributed by atoms with Gasteiger partial charge < -0.3 is 34.6 Å². The molecule has 0 bridgehead atoms. The van der Waals surface area contributed by atoms with Crippen LogP contribution in [0, 0.1) is 0 Å². The summed E-state index contributed by atoms with van der Waals surface area (Å²) >= 11 is 6.37. The predicted octanol–water partition coefficient (Wildman–Crippen LogP) is 1.69. The van der Waals surface area contributed by atoms with Crippen molar-refractivity contribution in [2.45, 2.75) is 43.5 Å². The molecule has 2 aromatic rings. The Morgan fingerprint density at radius 3 is 2.39 bits per heavy atom. The van der Waals surface area contributed by atoms with E-state index in [1.165, 1.54) is 13.2 Å². The minimum Gasteiger partial charge on any atom is -0.494 e. The van der Waals surface area contributed by atoms with Gasteiger partial charge in [0.25, 0.3) is 0 Å². The summed E-state index contributed by atoms with van der Waals surface area (Å²) < 4.78 is 16.4. The highest BCUT2D eigenvalue weighted by Crippen LogP contribution is 2.40. The molecule has 5 atom stereocenters. The van der Waals surface area contributed by atoms with Crippen molar-refractivity contribution in [3.63, 3.8) is 0 Å². The summed E-state index contributed by atoms with van der Waals surface area (Å²) in [6.45, 7) is 2.46. The van der Waals surface area contributed by atoms with Crippen molar-refractivity contribution in [2.75, 3.05) is 13.7 Å². The molecule has 1 aliphatic heterocycles. The molecule has 1 heterocycles. The quantitative estimate of drug-likeness (QED) is 0.500. The molecule has 0 amide bonds. The maximum Gasteiger partial charge on any atom is 0.335 e. The number of hydrogen-bond acceptors (Lipinski definition) is 7. The van der Waals surface area contributed by atoms with Gasteiger partial charge in [-0.05, 0) is 48.7 Å². The SMILES string of the molecule is CCOc1ccc(Cc2cc([C@]3(OC)O[C@H](C(=O)O)[C@@H](O)[C@H](O)[C@H]3O)ccc2Cl)cc1. The Labute approximate surface area is 184 Å². The first-order chi connectivity index (χ1) is 14.7. The average Bonchev–Trinajstić information content (AvgIpc) is 2.75. The van der Waals surface area contributed by atoms with Crippen LogP contribution in [0.4, 0.5) is 0 Å². The van der Waals surface area contributed by atoms with Crippen LogP contribution in [0.3, 0.4) is 0 Å². The molecular formula is C22H25ClO8. The lowest BCUT2D eigenvalue weighted by atomic mass is 9.87. The number of aliphatic carboxylic acids is 1. The zero-order valence-electron chi connectivity index (χ0n) is 17.1. The molecule has 9 heteroatoms. The smallest absolute Gasteiger partial charge is 0.335 e. The number of aliphatic hydroxyl groups excluding tert-OH is 3. The van der Waals surface area contributed by atoms with Gasteiger partial charge >= 0.3 is 5.97 Å². The zero-order chi connectivity index (χ0) is 22.8. The highest BCUT2D eigenvalue weighted by molar-refractivity contribution is 6.31. The lowest BCUT2D eigenvalue weighted by molar-refractivity contribution is -0.358. The predicted molar refractivity (Wildman–Crippen MR) is 111 cm³/mol. The number of ether oxygens (including phenoxy) is 3. The topological polar surface area (TPSA) is 126 Å². The molecule has 2 aromatic carbocycles. The average molecular weight is 453 g/mol. The van der Waals surface area contributed by atoms with Gasteiger partial charge in [-0.25, -0.2) is 4.79 Å². The molecule has 1 aliphatic rings. The molecule has 8 nitrogen and oxygen atoms in total. The van der Waals surface area contributed by atoms with Gasteiger partial charge in [-0.1, -0.05) is 29.8 Å². The monoisotopic (exact) mass is 452 g/mol. The molecule has 168 valence electrons. The Morgan fingerprint density at radius 1 is 1.13 bits per heavy atom. The first kappa shape index (κ1) is 23.5. The molecule has 31 heavy (non-hydrogen) atoms. The zero-order valence-corrected chi connectivity index (χ0v) is 17.8. The normalized spacial score (nSPS) is 28.3. The number of benzene rings is 2. The third-order valence-corrected chi connectivity index (χ3v) is 5.67. The maximum absolute atomic E-state index is 11.5. The van der Waals surface area contributed by atoms with Gasteiger partial charge in [-0.3, -0.25) is 0 Å². The Hall–Kier alpha value is -2.20. The fraction of sp³-hybridized carbons (Fsp3) is 0.409. The molecule has 0 radical (unpaired) electrons.